The molecule has 4 aromatic rings. The van der Waals surface area contributed by atoms with Crippen LogP contribution in [0.25, 0.3) is 27.1 Å². The zero-order chi connectivity index (χ0) is 24.2. The van der Waals surface area contributed by atoms with Crippen LogP contribution in [-0.2, 0) is 26.2 Å². The van der Waals surface area contributed by atoms with Gasteiger partial charge in [0.05, 0.1) is 14.3 Å². The number of furan rings is 1. The summed E-state index contributed by atoms with van der Waals surface area (Å²) in [5.74, 6) is 2.43. The molecule has 2 bridgehead atoms. The molecule has 0 amide bonds. The number of halogens is 2. The average Bonchev–Trinajstić information content (AvgIpc) is 3.55. The van der Waals surface area contributed by atoms with Crippen molar-refractivity contribution >= 4 is 24.0 Å². The zero-order valence-corrected chi connectivity index (χ0v) is 27.9. The summed E-state index contributed by atoms with van der Waals surface area (Å²) in [5.41, 5.74) is 9.36. The second-order valence-corrected chi connectivity index (χ2v) is 15.6. The summed E-state index contributed by atoms with van der Waals surface area (Å²) >= 11 is 0. The molecular formula is C32H37Cl2OSiZr. The van der Waals surface area contributed by atoms with E-state index >= 15 is 0 Å². The number of fused-ring (bicyclic) bond motifs is 1. The number of benzene rings is 2. The van der Waals surface area contributed by atoms with Crippen LogP contribution in [0.1, 0.15) is 80.9 Å². The molecule has 2 unspecified atom stereocenters. The van der Waals surface area contributed by atoms with E-state index in [1.807, 2.05) is 6.26 Å². The van der Waals surface area contributed by atoms with E-state index in [-0.39, 0.29) is 51.0 Å². The summed E-state index contributed by atoms with van der Waals surface area (Å²) in [6.45, 7) is 16.2. The fourth-order valence-electron chi connectivity index (χ4n) is 6.17. The van der Waals surface area contributed by atoms with Crippen molar-refractivity contribution in [2.75, 3.05) is 0 Å². The molecule has 0 spiro atoms. The van der Waals surface area contributed by atoms with Gasteiger partial charge in [0.15, 0.2) is 0 Å². The fourth-order valence-corrected chi connectivity index (χ4v) is 10.4. The molecule has 2 aliphatic heterocycles. The van der Waals surface area contributed by atoms with Crippen LogP contribution in [-0.4, -0.2) is 8.07 Å². The first-order valence-electron chi connectivity index (χ1n) is 12.8. The summed E-state index contributed by atoms with van der Waals surface area (Å²) in [6, 6.07) is 22.6. The molecule has 1 aliphatic carbocycles. The molecule has 3 aromatic carbocycles. The van der Waals surface area contributed by atoms with Gasteiger partial charge in [0, 0.05) is 11.1 Å². The van der Waals surface area contributed by atoms with Crippen LogP contribution in [0.4, 0.5) is 0 Å². The van der Waals surface area contributed by atoms with Gasteiger partial charge >= 0.3 is 26.2 Å². The number of rotatable bonds is 4. The standard InChI is InChI=1S/C22H25.C10H12OSi.2ClH.Zr/c1-5-16(4)17-9-11-18(12-10-17)21-8-6-7-19-13-20(15(2)3)14-22(19)21;1-6-9-7-4-5-11-8(7)10(6)12(9,2)3;;;/h6-16H,5H2,1-4H3;4-5,9H,1-3H3;2*1H;/q-1;;;;+3/p-2. The number of hydrogen-bond acceptors (Lipinski definition) is 1. The first kappa shape index (κ1) is 32.0. The van der Waals surface area contributed by atoms with E-state index in [4.69, 9.17) is 4.42 Å². The molecule has 7 rings (SSSR count). The van der Waals surface area contributed by atoms with E-state index in [2.05, 4.69) is 108 Å². The van der Waals surface area contributed by atoms with E-state index in [0.717, 1.165) is 5.54 Å². The molecule has 37 heavy (non-hydrogen) atoms. The second kappa shape index (κ2) is 12.3. The number of hydrogen-bond donors (Lipinski definition) is 0. The molecule has 0 saturated carbocycles. The third-order valence-electron chi connectivity index (χ3n) is 8.27. The predicted molar refractivity (Wildman–Crippen MR) is 149 cm³/mol. The molecule has 2 atom stereocenters. The van der Waals surface area contributed by atoms with Crippen molar-refractivity contribution in [3.63, 3.8) is 0 Å². The minimum atomic E-state index is -1.08. The van der Waals surface area contributed by atoms with Gasteiger partial charge in [-0.3, -0.25) is 0 Å². The Labute approximate surface area is 255 Å². The quantitative estimate of drug-likeness (QED) is 0.248. The maximum Gasteiger partial charge on any atom is 3.00 e. The normalized spacial score (nSPS) is 17.0. The van der Waals surface area contributed by atoms with Gasteiger partial charge in [-0.15, -0.1) is 34.5 Å². The van der Waals surface area contributed by atoms with Gasteiger partial charge in [-0.1, -0.05) is 82.3 Å². The first-order valence-corrected chi connectivity index (χ1v) is 15.9. The molecule has 3 aliphatic rings. The van der Waals surface area contributed by atoms with Crippen molar-refractivity contribution in [1.82, 2.24) is 0 Å². The molecule has 3 heterocycles. The molecule has 1 aromatic heterocycles. The van der Waals surface area contributed by atoms with Crippen molar-refractivity contribution < 1.29 is 55.4 Å². The Morgan fingerprint density at radius 3 is 2.22 bits per heavy atom. The summed E-state index contributed by atoms with van der Waals surface area (Å²) in [5, 5.41) is 4.32. The van der Waals surface area contributed by atoms with Crippen molar-refractivity contribution in [1.29, 1.82) is 0 Å². The second-order valence-electron chi connectivity index (χ2n) is 11.1. The van der Waals surface area contributed by atoms with Crippen LogP contribution in [0, 0.1) is 0 Å². The maximum atomic E-state index is 5.51. The Bertz CT molecular complexity index is 1380. The molecule has 0 saturated heterocycles. The predicted octanol–water partition coefficient (Wildman–Crippen LogP) is 3.82. The minimum absolute atomic E-state index is 0. The smallest absolute Gasteiger partial charge is 1.00 e. The Kier molecular flexibility index (Phi) is 10.6. The Morgan fingerprint density at radius 1 is 0.973 bits per heavy atom. The van der Waals surface area contributed by atoms with Gasteiger partial charge in [-0.25, -0.2) is 0 Å². The van der Waals surface area contributed by atoms with Crippen molar-refractivity contribution in [3.05, 3.63) is 95.0 Å². The fraction of sp³-hybridized carbons (Fsp3) is 0.344. The SMILES string of the molecule is CC1=C2c3occc3C1[Si]2(C)C.CCC(C)c1ccc(-c2cccc3[cH-]c(C(C)C)cc23)cc1.[Cl-].[Cl-].[Zr+3]. The van der Waals surface area contributed by atoms with Crippen molar-refractivity contribution in [3.8, 4) is 11.1 Å². The maximum absolute atomic E-state index is 5.51. The summed E-state index contributed by atoms with van der Waals surface area (Å²) in [7, 11) is -1.08. The van der Waals surface area contributed by atoms with E-state index in [1.54, 1.807) is 10.8 Å². The topological polar surface area (TPSA) is 13.1 Å². The van der Waals surface area contributed by atoms with E-state index in [1.165, 1.54) is 50.8 Å². The Morgan fingerprint density at radius 2 is 1.65 bits per heavy atom. The summed E-state index contributed by atoms with van der Waals surface area (Å²) in [4.78, 5) is 0. The van der Waals surface area contributed by atoms with Crippen molar-refractivity contribution in [2.24, 2.45) is 0 Å². The largest absolute Gasteiger partial charge is 3.00 e. The third-order valence-corrected chi connectivity index (χ3v) is 12.4. The van der Waals surface area contributed by atoms with Gasteiger partial charge in [-0.2, -0.15) is 6.07 Å². The third kappa shape index (κ3) is 5.44. The van der Waals surface area contributed by atoms with Crippen LogP contribution >= 0.6 is 0 Å². The molecule has 1 nitrogen and oxygen atoms in total. The van der Waals surface area contributed by atoms with Gasteiger partial charge in [0.1, 0.15) is 5.76 Å². The van der Waals surface area contributed by atoms with Crippen LogP contribution in [0.15, 0.2) is 76.9 Å². The summed E-state index contributed by atoms with van der Waals surface area (Å²) < 4.78 is 5.51. The molecule has 0 N–H and O–H groups in total. The molecule has 1 radical (unpaired) electrons. The average molecular weight is 628 g/mol. The van der Waals surface area contributed by atoms with Crippen LogP contribution in [0.2, 0.25) is 13.1 Å². The van der Waals surface area contributed by atoms with Gasteiger partial charge in [0.25, 0.3) is 0 Å². The Balaban J connectivity index is 0.000000274. The first-order chi connectivity index (χ1) is 16.2. The van der Waals surface area contributed by atoms with E-state index in [9.17, 15) is 0 Å². The van der Waals surface area contributed by atoms with Crippen LogP contribution in [0.3, 0.4) is 0 Å². The Hall–Kier alpha value is -1.25. The molecule has 193 valence electrons. The number of allylic oxidation sites excluding steroid dienone is 1. The molecule has 0 fully saturated rings. The molecule has 5 heteroatoms. The molecular weight excluding hydrogens is 591 g/mol. The van der Waals surface area contributed by atoms with Crippen LogP contribution in [0.5, 0.6) is 0 Å². The van der Waals surface area contributed by atoms with E-state index < -0.39 is 8.07 Å². The van der Waals surface area contributed by atoms with E-state index in [0.29, 0.717) is 11.8 Å². The summed E-state index contributed by atoms with van der Waals surface area (Å²) in [6.07, 6.45) is 3.02. The monoisotopic (exact) mass is 625 g/mol. The minimum Gasteiger partial charge on any atom is -1.00 e. The van der Waals surface area contributed by atoms with Crippen molar-refractivity contribution in [2.45, 2.75) is 71.5 Å². The van der Waals surface area contributed by atoms with Gasteiger partial charge in [0.2, 0.25) is 0 Å². The zero-order valence-electron chi connectivity index (χ0n) is 23.0. The van der Waals surface area contributed by atoms with Gasteiger partial charge < -0.3 is 29.2 Å². The van der Waals surface area contributed by atoms with Crippen LogP contribution < -0.4 is 24.8 Å². The van der Waals surface area contributed by atoms with Gasteiger partial charge in [-0.05, 0) is 47.6 Å².